The van der Waals surface area contributed by atoms with Crippen LogP contribution in [0, 0.1) is 27.4 Å². The Hall–Kier alpha value is -2.24. The summed E-state index contributed by atoms with van der Waals surface area (Å²) >= 11 is -0.0765. The molecule has 1 N–H and O–H groups in total. The molecule has 2 aromatic rings. The van der Waals surface area contributed by atoms with Crippen molar-refractivity contribution in [2.45, 2.75) is 40.0 Å². The molecule has 1 fully saturated rings. The Morgan fingerprint density at radius 3 is 2.16 bits per heavy atom. The summed E-state index contributed by atoms with van der Waals surface area (Å²) in [5, 5.41) is 17.0. The second-order valence-corrected chi connectivity index (χ2v) is 10.8. The van der Waals surface area contributed by atoms with Gasteiger partial charge in [0.25, 0.3) is 0 Å². The fourth-order valence-electron chi connectivity index (χ4n) is 4.03. The summed E-state index contributed by atoms with van der Waals surface area (Å²) < 4.78 is 2.06. The number of rotatable bonds is 4. The number of aryl methyl sites for hydroxylation is 3. The summed E-state index contributed by atoms with van der Waals surface area (Å²) in [5.74, 6) is 0. The Balaban J connectivity index is 0.000000201. The number of halogens is 1. The van der Waals surface area contributed by atoms with Crippen molar-refractivity contribution in [1.29, 1.82) is 0 Å². The van der Waals surface area contributed by atoms with Crippen molar-refractivity contribution in [2.24, 2.45) is 0 Å². The number of anilines is 1. The molecular weight excluding hydrogens is 581 g/mol. The first kappa shape index (κ1) is 32.0. The molecule has 0 aromatic heterocycles. The molecule has 2 aromatic carbocycles. The first-order valence-corrected chi connectivity index (χ1v) is 16.3. The fourth-order valence-corrected chi connectivity index (χ4v) is 5.11. The summed E-state index contributed by atoms with van der Waals surface area (Å²) in [5.41, 5.74) is 6.29. The van der Waals surface area contributed by atoms with Crippen LogP contribution in [0.15, 0.2) is 79.3 Å². The summed E-state index contributed by atoms with van der Waals surface area (Å²) in [6, 6.07) is 14.5. The van der Waals surface area contributed by atoms with Crippen molar-refractivity contribution in [3.63, 3.8) is 0 Å². The first-order valence-electron chi connectivity index (χ1n) is 13.0. The number of nitrogens with zero attached hydrogens (tertiary/aromatic N) is 4. The van der Waals surface area contributed by atoms with Crippen molar-refractivity contribution >= 4 is 20.0 Å². The maximum absolute atomic E-state index is 8.91. The van der Waals surface area contributed by atoms with Gasteiger partial charge in [0.15, 0.2) is 0 Å². The first-order chi connectivity index (χ1) is 18.5. The predicted octanol–water partition coefficient (Wildman–Crippen LogP) is 7.38. The Labute approximate surface area is 241 Å². The van der Waals surface area contributed by atoms with E-state index < -0.39 is 0 Å². The van der Waals surface area contributed by atoms with Crippen LogP contribution in [0.4, 0.5) is 5.69 Å². The Bertz CT molecular complexity index is 989. The molecule has 1 saturated heterocycles. The third kappa shape index (κ3) is 13.0. The van der Waals surface area contributed by atoms with Crippen LogP contribution in [0.1, 0.15) is 41.5 Å². The summed E-state index contributed by atoms with van der Waals surface area (Å²) in [6.07, 6.45) is 15.8. The third-order valence-corrected chi connectivity index (χ3v) is 6.91. The number of benzene rings is 2. The molecule has 0 atom stereocenters. The number of hydrogen-bond donors (Lipinski definition) is 1. The average Bonchev–Trinajstić information content (AvgIpc) is 3.40. The van der Waals surface area contributed by atoms with Crippen LogP contribution >= 0.6 is 9.69 Å². The molecule has 7 heteroatoms. The van der Waals surface area contributed by atoms with E-state index in [9.17, 15) is 0 Å². The molecule has 0 aliphatic carbocycles. The van der Waals surface area contributed by atoms with Gasteiger partial charge in [0.1, 0.15) is 0 Å². The average molecular weight is 622 g/mol. The molecule has 0 bridgehead atoms. The van der Waals surface area contributed by atoms with Crippen LogP contribution < -0.4 is 4.90 Å². The molecule has 3 heterocycles. The van der Waals surface area contributed by atoms with Crippen molar-refractivity contribution < 1.29 is 20.8 Å². The van der Waals surface area contributed by atoms with Gasteiger partial charge in [-0.2, -0.15) is 12.9 Å². The molecule has 3 aliphatic rings. The number of piperidine rings is 1. The Kier molecular flexibility index (Phi) is 16.6. The predicted molar refractivity (Wildman–Crippen MR) is 161 cm³/mol. The van der Waals surface area contributed by atoms with E-state index in [4.69, 9.17) is 14.8 Å². The van der Waals surface area contributed by atoms with E-state index in [0.717, 1.165) is 19.6 Å². The zero-order valence-corrected chi connectivity index (χ0v) is 25.3. The minimum atomic E-state index is -0.0765. The summed E-state index contributed by atoms with van der Waals surface area (Å²) in [4.78, 5) is 4.10. The van der Waals surface area contributed by atoms with Gasteiger partial charge in [-0.3, -0.25) is 0 Å². The van der Waals surface area contributed by atoms with Gasteiger partial charge in [-0.15, -0.1) is 25.7 Å². The molecule has 209 valence electrons. The quantitative estimate of drug-likeness (QED) is 0.286. The molecule has 0 saturated carbocycles. The number of aliphatic hydroxyl groups excluding tert-OH is 1. The van der Waals surface area contributed by atoms with Gasteiger partial charge in [-0.1, -0.05) is 49.1 Å². The molecule has 0 unspecified atom stereocenters. The monoisotopic (exact) mass is 622 g/mol. The van der Waals surface area contributed by atoms with Crippen molar-refractivity contribution in [3.8, 4) is 0 Å². The van der Waals surface area contributed by atoms with Gasteiger partial charge in [-0.25, -0.2) is 0 Å². The minimum absolute atomic E-state index is 0.0765. The fraction of sp³-hybridized carbons (Fsp3) is 0.355. The zero-order chi connectivity index (χ0) is 27.4. The van der Waals surface area contributed by atoms with Crippen LogP contribution in [0.2, 0.25) is 0 Å². The van der Waals surface area contributed by atoms with Crippen LogP contribution in [-0.2, 0) is 15.7 Å². The van der Waals surface area contributed by atoms with Crippen LogP contribution in [0.25, 0.3) is 10.6 Å². The number of hydrogen-bond acceptors (Lipinski definition) is 3. The molecule has 0 amide bonds. The normalized spacial score (nSPS) is 15.8. The summed E-state index contributed by atoms with van der Waals surface area (Å²) in [6.45, 7) is 12.3. The van der Waals surface area contributed by atoms with E-state index in [1.165, 1.54) is 47.2 Å². The van der Waals surface area contributed by atoms with Gasteiger partial charge in [0.2, 0.25) is 0 Å². The van der Waals surface area contributed by atoms with Gasteiger partial charge in [0, 0.05) is 12.2 Å². The van der Waals surface area contributed by atoms with Crippen LogP contribution in [0.5, 0.6) is 0 Å². The number of allylic oxidation sites excluding steroid dienone is 2. The van der Waals surface area contributed by atoms with Gasteiger partial charge < -0.3 is 25.5 Å². The van der Waals surface area contributed by atoms with Crippen molar-refractivity contribution in [1.82, 2.24) is 4.90 Å². The number of aliphatic hydroxyl groups is 1. The van der Waals surface area contributed by atoms with Crippen molar-refractivity contribution in [3.05, 3.63) is 119 Å². The Morgan fingerprint density at radius 1 is 1.00 bits per heavy atom. The van der Waals surface area contributed by atoms with E-state index in [-0.39, 0.29) is 22.3 Å². The molecule has 3 aliphatic heterocycles. The third-order valence-electron chi connectivity index (χ3n) is 5.68. The van der Waals surface area contributed by atoms with Gasteiger partial charge >= 0.3 is 65.9 Å². The van der Waals surface area contributed by atoms with E-state index in [1.807, 2.05) is 60.4 Å². The van der Waals surface area contributed by atoms with Crippen molar-refractivity contribution in [2.75, 3.05) is 37.7 Å². The van der Waals surface area contributed by atoms with Crippen LogP contribution in [-0.4, -0.2) is 47.4 Å². The number of β-amino-alcohol motifs (C(OH)–C–C–N with tert-alkyl or cyclic N) is 1. The SMILES string of the molecule is C1=CC[N-]C=C1.C1CC[N-]CC1.Cc1cc(C)c(N2C=CN(CCO)[CH-]2)c(C)c1.[Cl][Ru]=[CH]c1ccccc1. The molecule has 0 radical (unpaired) electrons. The topological polar surface area (TPSA) is 54.9 Å². The van der Waals surface area contributed by atoms with E-state index in [0.29, 0.717) is 6.54 Å². The summed E-state index contributed by atoms with van der Waals surface area (Å²) in [7, 11) is 5.57. The Morgan fingerprint density at radius 2 is 1.71 bits per heavy atom. The second-order valence-electron chi connectivity index (χ2n) is 8.99. The maximum atomic E-state index is 8.91. The van der Waals surface area contributed by atoms with Crippen LogP contribution in [0.3, 0.4) is 0 Å². The molecular formula is C31H41ClN4ORu-3. The second kappa shape index (κ2) is 19.8. The standard InChI is InChI=1S/C14H19N2O.C7H6.C5H10N.C5H6N.ClH.Ru/c1-11-8-12(2)14(13(3)9-11)16-5-4-15(10-16)6-7-17;1-7-5-3-2-4-6-7;2*1-2-4-6-5-3-1;;/h4-5,8-10,17H,6-7H2,1-3H3;1-6H;1-5H2;1-4H,5H2;1H;/q-1;;2*-1;;+1/p-1. The molecule has 38 heavy (non-hydrogen) atoms. The molecule has 0 spiro atoms. The van der Waals surface area contributed by atoms with E-state index in [2.05, 4.69) is 65.2 Å². The van der Waals surface area contributed by atoms with Gasteiger partial charge in [-0.05, 0) is 44.3 Å². The van der Waals surface area contributed by atoms with Gasteiger partial charge in [0.05, 0.1) is 6.61 Å². The zero-order valence-electron chi connectivity index (χ0n) is 22.8. The van der Waals surface area contributed by atoms with E-state index in [1.54, 1.807) is 6.20 Å². The molecule has 5 rings (SSSR count). The van der Waals surface area contributed by atoms with E-state index >= 15 is 0 Å². The molecule has 5 nitrogen and oxygen atoms in total.